The number of amides is 2. The molecule has 136 valence electrons. The van der Waals surface area contributed by atoms with E-state index < -0.39 is 0 Å². The summed E-state index contributed by atoms with van der Waals surface area (Å²) in [5.74, 6) is 0.920. The summed E-state index contributed by atoms with van der Waals surface area (Å²) in [6.07, 6.45) is 4.13. The predicted molar refractivity (Wildman–Crippen MR) is 98.3 cm³/mol. The van der Waals surface area contributed by atoms with Crippen molar-refractivity contribution in [2.75, 3.05) is 39.8 Å². The molecule has 6 heteroatoms. The average molecular weight is 362 g/mol. The van der Waals surface area contributed by atoms with E-state index in [1.54, 1.807) is 16.2 Å². The molecular formula is C19H27N3O2S. The molecule has 0 aromatic carbocycles. The van der Waals surface area contributed by atoms with Gasteiger partial charge in [-0.1, -0.05) is 6.07 Å². The monoisotopic (exact) mass is 361 g/mol. The smallest absolute Gasteiger partial charge is 0.228 e. The number of rotatable bonds is 4. The second kappa shape index (κ2) is 7.08. The van der Waals surface area contributed by atoms with Gasteiger partial charge in [0.1, 0.15) is 0 Å². The van der Waals surface area contributed by atoms with Gasteiger partial charge in [-0.3, -0.25) is 9.59 Å². The van der Waals surface area contributed by atoms with Crippen molar-refractivity contribution in [3.05, 3.63) is 22.4 Å². The van der Waals surface area contributed by atoms with Crippen molar-refractivity contribution in [3.8, 4) is 0 Å². The van der Waals surface area contributed by atoms with Crippen LogP contribution in [-0.2, 0) is 9.59 Å². The lowest BCUT2D eigenvalue weighted by molar-refractivity contribution is -0.136. The van der Waals surface area contributed by atoms with Crippen molar-refractivity contribution in [1.29, 1.82) is 0 Å². The predicted octanol–water partition coefficient (Wildman–Crippen LogP) is 2.21. The first-order chi connectivity index (χ1) is 12.1. The molecule has 1 aromatic heterocycles. The van der Waals surface area contributed by atoms with E-state index in [0.29, 0.717) is 6.42 Å². The van der Waals surface area contributed by atoms with E-state index in [4.69, 9.17) is 0 Å². The molecule has 5 nitrogen and oxygen atoms in total. The summed E-state index contributed by atoms with van der Waals surface area (Å²) < 4.78 is 0. The standard InChI is InChI=1S/C19H27N3O2S/c1-20-17(23)12-15(18(20)16-4-2-11-25-16)19(24)22-8-3-7-21(9-10-22)13-14-5-6-14/h2,4,11,14-15,18H,3,5-10,12-13H2,1H3. The summed E-state index contributed by atoms with van der Waals surface area (Å²) in [5.41, 5.74) is 0. The lowest BCUT2D eigenvalue weighted by Crippen LogP contribution is -2.40. The van der Waals surface area contributed by atoms with Gasteiger partial charge >= 0.3 is 0 Å². The maximum atomic E-state index is 13.2. The van der Waals surface area contributed by atoms with Crippen LogP contribution in [0.15, 0.2) is 17.5 Å². The van der Waals surface area contributed by atoms with Gasteiger partial charge in [0.05, 0.1) is 12.0 Å². The topological polar surface area (TPSA) is 43.9 Å². The van der Waals surface area contributed by atoms with Gasteiger partial charge in [0.15, 0.2) is 0 Å². The molecule has 25 heavy (non-hydrogen) atoms. The molecule has 3 heterocycles. The van der Waals surface area contributed by atoms with E-state index in [0.717, 1.165) is 43.4 Å². The Kier molecular flexibility index (Phi) is 4.82. The maximum Gasteiger partial charge on any atom is 0.228 e. The molecule has 2 atom stereocenters. The fourth-order valence-corrected chi connectivity index (χ4v) is 5.15. The van der Waals surface area contributed by atoms with Gasteiger partial charge in [0.2, 0.25) is 11.8 Å². The molecule has 2 amide bonds. The summed E-state index contributed by atoms with van der Waals surface area (Å²) in [7, 11) is 1.83. The Morgan fingerprint density at radius 2 is 2.08 bits per heavy atom. The highest BCUT2D eigenvalue weighted by molar-refractivity contribution is 7.10. The fraction of sp³-hybridized carbons (Fsp3) is 0.684. The van der Waals surface area contributed by atoms with E-state index in [9.17, 15) is 9.59 Å². The van der Waals surface area contributed by atoms with E-state index in [1.165, 1.54) is 19.4 Å². The molecule has 1 aliphatic carbocycles. The van der Waals surface area contributed by atoms with Crippen LogP contribution in [0.3, 0.4) is 0 Å². The van der Waals surface area contributed by atoms with Crippen LogP contribution in [-0.4, -0.2) is 66.3 Å². The third kappa shape index (κ3) is 3.60. The molecular weight excluding hydrogens is 334 g/mol. The van der Waals surface area contributed by atoms with Crippen molar-refractivity contribution < 1.29 is 9.59 Å². The number of nitrogens with zero attached hydrogens (tertiary/aromatic N) is 3. The zero-order valence-corrected chi connectivity index (χ0v) is 15.7. The van der Waals surface area contributed by atoms with Crippen LogP contribution < -0.4 is 0 Å². The Morgan fingerprint density at radius 1 is 1.24 bits per heavy atom. The first kappa shape index (κ1) is 17.0. The van der Waals surface area contributed by atoms with Crippen LogP contribution in [0, 0.1) is 11.8 Å². The Labute approximate surface area is 153 Å². The lowest BCUT2D eigenvalue weighted by atomic mass is 9.97. The zero-order chi connectivity index (χ0) is 17.4. The molecule has 2 saturated heterocycles. The van der Waals surface area contributed by atoms with E-state index >= 15 is 0 Å². The Morgan fingerprint density at radius 3 is 2.80 bits per heavy atom. The molecule has 3 aliphatic rings. The Bertz CT molecular complexity index is 629. The van der Waals surface area contributed by atoms with Gasteiger partial charge in [-0.15, -0.1) is 11.3 Å². The van der Waals surface area contributed by atoms with Crippen molar-refractivity contribution >= 4 is 23.2 Å². The lowest BCUT2D eigenvalue weighted by Gasteiger charge is -2.28. The Hall–Kier alpha value is -1.40. The first-order valence-corrected chi connectivity index (χ1v) is 10.3. The molecule has 1 saturated carbocycles. The Balaban J connectivity index is 1.44. The van der Waals surface area contributed by atoms with E-state index in [1.807, 2.05) is 29.5 Å². The van der Waals surface area contributed by atoms with Gasteiger partial charge in [-0.2, -0.15) is 0 Å². The summed E-state index contributed by atoms with van der Waals surface area (Å²) in [4.78, 5) is 32.9. The van der Waals surface area contributed by atoms with Crippen molar-refractivity contribution in [2.24, 2.45) is 11.8 Å². The number of carbonyl (C=O) groups excluding carboxylic acids is 2. The van der Waals surface area contributed by atoms with Gasteiger partial charge < -0.3 is 14.7 Å². The van der Waals surface area contributed by atoms with Crippen molar-refractivity contribution in [2.45, 2.75) is 31.7 Å². The molecule has 0 radical (unpaired) electrons. The number of carbonyl (C=O) groups is 2. The molecule has 2 aliphatic heterocycles. The summed E-state index contributed by atoms with van der Waals surface area (Å²) in [6, 6.07) is 3.95. The third-order valence-electron chi connectivity index (χ3n) is 5.85. The minimum Gasteiger partial charge on any atom is -0.341 e. The van der Waals surface area contributed by atoms with E-state index in [-0.39, 0.29) is 23.8 Å². The maximum absolute atomic E-state index is 13.2. The van der Waals surface area contributed by atoms with Gasteiger partial charge in [-0.25, -0.2) is 0 Å². The second-order valence-corrected chi connectivity index (χ2v) is 8.68. The fourth-order valence-electron chi connectivity index (χ4n) is 4.21. The summed E-state index contributed by atoms with van der Waals surface area (Å²) in [6.45, 7) is 4.90. The number of hydrogen-bond donors (Lipinski definition) is 0. The van der Waals surface area contributed by atoms with Crippen LogP contribution in [0.25, 0.3) is 0 Å². The summed E-state index contributed by atoms with van der Waals surface area (Å²) >= 11 is 1.64. The normalized spacial score (nSPS) is 28.4. The van der Waals surface area contributed by atoms with E-state index in [2.05, 4.69) is 4.90 Å². The number of hydrogen-bond acceptors (Lipinski definition) is 4. The van der Waals surface area contributed by atoms with Crippen LogP contribution in [0.4, 0.5) is 0 Å². The molecule has 2 unspecified atom stereocenters. The molecule has 1 aromatic rings. The van der Waals surface area contributed by atoms with Crippen molar-refractivity contribution in [1.82, 2.24) is 14.7 Å². The number of likely N-dealkylation sites (tertiary alicyclic amines) is 1. The molecule has 3 fully saturated rings. The largest absolute Gasteiger partial charge is 0.341 e. The number of thiophene rings is 1. The van der Waals surface area contributed by atoms with Crippen LogP contribution >= 0.6 is 11.3 Å². The highest BCUT2D eigenvalue weighted by Crippen LogP contribution is 2.40. The second-order valence-electron chi connectivity index (χ2n) is 7.70. The van der Waals surface area contributed by atoms with Crippen LogP contribution in [0.1, 0.15) is 36.6 Å². The van der Waals surface area contributed by atoms with Gasteiger partial charge in [0, 0.05) is 44.5 Å². The highest BCUT2D eigenvalue weighted by Gasteiger charge is 2.44. The SMILES string of the molecule is CN1C(=O)CC(C(=O)N2CCCN(CC3CC3)CC2)C1c1cccs1. The minimum atomic E-state index is -0.230. The van der Waals surface area contributed by atoms with Crippen LogP contribution in [0.2, 0.25) is 0 Å². The van der Waals surface area contributed by atoms with Crippen molar-refractivity contribution in [3.63, 3.8) is 0 Å². The molecule has 0 spiro atoms. The minimum absolute atomic E-state index is 0.0851. The van der Waals surface area contributed by atoms with Crippen LogP contribution in [0.5, 0.6) is 0 Å². The quantitative estimate of drug-likeness (QED) is 0.826. The third-order valence-corrected chi connectivity index (χ3v) is 6.79. The molecule has 0 N–H and O–H groups in total. The molecule has 0 bridgehead atoms. The zero-order valence-electron chi connectivity index (χ0n) is 14.9. The van der Waals surface area contributed by atoms with Gasteiger partial charge in [0.25, 0.3) is 0 Å². The average Bonchev–Trinajstić information content (AvgIpc) is 3.24. The summed E-state index contributed by atoms with van der Waals surface area (Å²) in [5, 5.41) is 2.02. The van der Waals surface area contributed by atoms with Gasteiger partial charge in [-0.05, 0) is 43.2 Å². The molecule has 4 rings (SSSR count). The first-order valence-electron chi connectivity index (χ1n) is 9.43. The highest BCUT2D eigenvalue weighted by atomic mass is 32.1.